The van der Waals surface area contributed by atoms with Gasteiger partial charge in [0.05, 0.1) is 22.6 Å². The monoisotopic (exact) mass is 290 g/mol. The van der Waals surface area contributed by atoms with Crippen molar-refractivity contribution in [2.75, 3.05) is 11.5 Å². The molecule has 100 valence electrons. The number of aliphatic hydroxyl groups is 1. The number of halogens is 1. The van der Waals surface area contributed by atoms with Gasteiger partial charge in [0.1, 0.15) is 11.9 Å². The number of aliphatic hydroxyl groups excluding tert-OH is 1. The summed E-state index contributed by atoms with van der Waals surface area (Å²) in [6.45, 7) is 1.65. The third-order valence-electron chi connectivity index (χ3n) is 2.92. The van der Waals surface area contributed by atoms with Crippen molar-refractivity contribution in [1.29, 1.82) is 0 Å². The first-order valence-corrected chi connectivity index (χ1v) is 7.92. The maximum atomic E-state index is 11.3. The second kappa shape index (κ2) is 5.07. The van der Waals surface area contributed by atoms with Crippen molar-refractivity contribution in [2.24, 2.45) is 0 Å². The lowest BCUT2D eigenvalue weighted by Gasteiger charge is -2.14. The predicted octanol–water partition coefficient (Wildman–Crippen LogP) is 1.96. The zero-order valence-electron chi connectivity index (χ0n) is 9.97. The quantitative estimate of drug-likeness (QED) is 0.924. The summed E-state index contributed by atoms with van der Waals surface area (Å²) in [7, 11) is -2.96. The molecule has 2 atom stereocenters. The first kappa shape index (κ1) is 13.6. The molecule has 1 unspecified atom stereocenters. The van der Waals surface area contributed by atoms with E-state index >= 15 is 0 Å². The molecule has 4 nitrogen and oxygen atoms in total. The lowest BCUT2D eigenvalue weighted by Crippen LogP contribution is -2.17. The van der Waals surface area contributed by atoms with Gasteiger partial charge in [0.2, 0.25) is 0 Å². The number of hydrogen-bond donors (Lipinski definition) is 1. The second-order valence-corrected chi connectivity index (χ2v) is 7.14. The fourth-order valence-corrected chi connectivity index (χ4v) is 3.73. The molecule has 2 rings (SSSR count). The van der Waals surface area contributed by atoms with E-state index in [-0.39, 0.29) is 17.6 Å². The topological polar surface area (TPSA) is 63.6 Å². The molecule has 1 aromatic rings. The van der Waals surface area contributed by atoms with Gasteiger partial charge >= 0.3 is 0 Å². The lowest BCUT2D eigenvalue weighted by atomic mass is 10.1. The first-order valence-electron chi connectivity index (χ1n) is 5.72. The molecule has 0 aromatic heterocycles. The minimum Gasteiger partial charge on any atom is -0.488 e. The zero-order chi connectivity index (χ0) is 13.3. The van der Waals surface area contributed by atoms with E-state index in [9.17, 15) is 13.5 Å². The summed E-state index contributed by atoms with van der Waals surface area (Å²) < 4.78 is 28.2. The molecule has 0 saturated carbocycles. The molecule has 0 aliphatic carbocycles. The van der Waals surface area contributed by atoms with Crippen molar-refractivity contribution in [3.63, 3.8) is 0 Å². The van der Waals surface area contributed by atoms with Crippen LogP contribution in [-0.2, 0) is 9.84 Å². The molecular weight excluding hydrogens is 276 g/mol. The molecule has 0 spiro atoms. The third kappa shape index (κ3) is 3.16. The highest BCUT2D eigenvalue weighted by molar-refractivity contribution is 7.91. The van der Waals surface area contributed by atoms with Gasteiger partial charge < -0.3 is 9.84 Å². The fourth-order valence-electron chi connectivity index (χ4n) is 1.91. The van der Waals surface area contributed by atoms with Crippen LogP contribution in [0.4, 0.5) is 0 Å². The van der Waals surface area contributed by atoms with Crippen LogP contribution in [0.2, 0.25) is 5.02 Å². The van der Waals surface area contributed by atoms with Crippen LogP contribution >= 0.6 is 11.6 Å². The van der Waals surface area contributed by atoms with Crippen molar-refractivity contribution in [3.05, 3.63) is 28.8 Å². The highest BCUT2D eigenvalue weighted by Crippen LogP contribution is 2.30. The van der Waals surface area contributed by atoms with Gasteiger partial charge in [-0.15, -0.1) is 0 Å². The Bertz CT molecular complexity index is 539. The Balaban J connectivity index is 2.11. The van der Waals surface area contributed by atoms with Gasteiger partial charge in [0.15, 0.2) is 9.84 Å². The molecule has 1 fully saturated rings. The van der Waals surface area contributed by atoms with Gasteiger partial charge in [0, 0.05) is 0 Å². The van der Waals surface area contributed by atoms with E-state index in [2.05, 4.69) is 0 Å². The average Bonchev–Trinajstić information content (AvgIpc) is 2.61. The van der Waals surface area contributed by atoms with Crippen LogP contribution in [0, 0.1) is 0 Å². The van der Waals surface area contributed by atoms with Crippen molar-refractivity contribution in [2.45, 2.75) is 25.6 Å². The predicted molar refractivity (Wildman–Crippen MR) is 69.8 cm³/mol. The molecular formula is C12H15ClO4S. The maximum absolute atomic E-state index is 11.3. The minimum absolute atomic E-state index is 0.0431. The molecule has 1 saturated heterocycles. The molecule has 1 heterocycles. The van der Waals surface area contributed by atoms with E-state index in [4.69, 9.17) is 16.3 Å². The minimum atomic E-state index is -2.96. The standard InChI is InChI=1S/C12H15ClO4S/c1-8(14)9-2-3-12(11(13)6-9)17-10-4-5-18(15,16)7-10/h2-3,6,8,10,14H,4-5,7H2,1H3/t8-,10?/m0/s1. The Morgan fingerprint density at radius 2 is 2.22 bits per heavy atom. The molecule has 1 aliphatic heterocycles. The number of sulfone groups is 1. The van der Waals surface area contributed by atoms with Gasteiger partial charge in [-0.25, -0.2) is 8.42 Å². The third-order valence-corrected chi connectivity index (χ3v) is 4.96. The maximum Gasteiger partial charge on any atom is 0.154 e. The Morgan fingerprint density at radius 1 is 1.50 bits per heavy atom. The molecule has 1 aromatic carbocycles. The van der Waals surface area contributed by atoms with Gasteiger partial charge in [-0.1, -0.05) is 17.7 Å². The normalized spacial score (nSPS) is 23.8. The van der Waals surface area contributed by atoms with Crippen LogP contribution in [-0.4, -0.2) is 31.1 Å². The van der Waals surface area contributed by atoms with Crippen LogP contribution in [0.5, 0.6) is 5.75 Å². The summed E-state index contributed by atoms with van der Waals surface area (Å²) in [6, 6.07) is 5.01. The van der Waals surface area contributed by atoms with Crippen molar-refractivity contribution in [3.8, 4) is 5.75 Å². The Kier molecular flexibility index (Phi) is 3.84. The average molecular weight is 291 g/mol. The Hall–Kier alpha value is -0.780. The highest BCUT2D eigenvalue weighted by Gasteiger charge is 2.29. The summed E-state index contributed by atoms with van der Waals surface area (Å²) in [6.07, 6.45) is -0.426. The summed E-state index contributed by atoms with van der Waals surface area (Å²) in [5.41, 5.74) is 0.700. The van der Waals surface area contributed by atoms with Crippen LogP contribution in [0.15, 0.2) is 18.2 Å². The summed E-state index contributed by atoms with van der Waals surface area (Å²) in [5.74, 6) is 0.672. The molecule has 1 N–H and O–H groups in total. The van der Waals surface area contributed by atoms with Crippen LogP contribution in [0.3, 0.4) is 0 Å². The largest absolute Gasteiger partial charge is 0.488 e. The number of benzene rings is 1. The molecule has 18 heavy (non-hydrogen) atoms. The van der Waals surface area contributed by atoms with Gasteiger partial charge in [-0.3, -0.25) is 0 Å². The highest BCUT2D eigenvalue weighted by atomic mass is 35.5. The Morgan fingerprint density at radius 3 is 2.72 bits per heavy atom. The smallest absolute Gasteiger partial charge is 0.154 e. The SMILES string of the molecule is C[C@H](O)c1ccc(OC2CCS(=O)(=O)C2)c(Cl)c1. The summed E-state index contributed by atoms with van der Waals surface area (Å²) in [4.78, 5) is 0. The van der Waals surface area contributed by atoms with E-state index in [1.807, 2.05) is 0 Å². The lowest BCUT2D eigenvalue weighted by molar-refractivity contribution is 0.198. The molecule has 0 bridgehead atoms. The number of rotatable bonds is 3. The van der Waals surface area contributed by atoms with E-state index in [0.717, 1.165) is 0 Å². The van der Waals surface area contributed by atoms with Crippen LogP contribution in [0.1, 0.15) is 25.0 Å². The summed E-state index contributed by atoms with van der Waals surface area (Å²) in [5, 5.41) is 9.80. The summed E-state index contributed by atoms with van der Waals surface area (Å²) >= 11 is 6.04. The van der Waals surface area contributed by atoms with E-state index in [0.29, 0.717) is 22.8 Å². The van der Waals surface area contributed by atoms with Gasteiger partial charge in [-0.2, -0.15) is 0 Å². The van der Waals surface area contributed by atoms with E-state index in [1.165, 1.54) is 0 Å². The molecule has 0 radical (unpaired) electrons. The van der Waals surface area contributed by atoms with Gasteiger partial charge in [-0.05, 0) is 31.0 Å². The van der Waals surface area contributed by atoms with E-state index in [1.54, 1.807) is 25.1 Å². The zero-order valence-corrected chi connectivity index (χ0v) is 11.5. The first-order chi connectivity index (χ1) is 8.37. The van der Waals surface area contributed by atoms with E-state index < -0.39 is 15.9 Å². The van der Waals surface area contributed by atoms with Crippen molar-refractivity contribution >= 4 is 21.4 Å². The number of ether oxygens (including phenoxy) is 1. The molecule has 0 amide bonds. The van der Waals surface area contributed by atoms with Crippen LogP contribution in [0.25, 0.3) is 0 Å². The second-order valence-electron chi connectivity index (χ2n) is 4.51. The molecule has 6 heteroatoms. The van der Waals surface area contributed by atoms with Crippen LogP contribution < -0.4 is 4.74 Å². The van der Waals surface area contributed by atoms with Crippen molar-refractivity contribution < 1.29 is 18.3 Å². The Labute approximate surface area is 111 Å². The van der Waals surface area contributed by atoms with Gasteiger partial charge in [0.25, 0.3) is 0 Å². The molecule has 1 aliphatic rings. The van der Waals surface area contributed by atoms with Crippen molar-refractivity contribution in [1.82, 2.24) is 0 Å². The fraction of sp³-hybridized carbons (Fsp3) is 0.500. The number of hydrogen-bond acceptors (Lipinski definition) is 4.